The molecule has 1 saturated heterocycles. The van der Waals surface area contributed by atoms with Gasteiger partial charge in [-0.3, -0.25) is 14.6 Å². The number of aliphatic imine (C=N–C) groups is 1. The number of likely N-dealkylation sites (tertiary alicyclic amines) is 1. The van der Waals surface area contributed by atoms with Crippen LogP contribution in [0, 0.1) is 0 Å². The number of carbonyl (C=O) groups excluding carboxylic acids is 2. The Morgan fingerprint density at radius 2 is 1.79 bits per heavy atom. The van der Waals surface area contributed by atoms with Crippen LogP contribution in [0.3, 0.4) is 0 Å². The molecule has 0 aliphatic carbocycles. The molecule has 0 saturated carbocycles. The molecule has 2 aliphatic rings. The Labute approximate surface area is 198 Å². The predicted octanol–water partition coefficient (Wildman–Crippen LogP) is 3.84. The van der Waals surface area contributed by atoms with E-state index in [-0.39, 0.29) is 18.2 Å². The van der Waals surface area contributed by atoms with Crippen LogP contribution in [-0.2, 0) is 4.79 Å². The second kappa shape index (κ2) is 10.4. The topological polar surface area (TPSA) is 130 Å². The van der Waals surface area contributed by atoms with Gasteiger partial charge >= 0.3 is 0 Å². The standard InChI is InChI=1S/C25H29N7O2/c1-2-11-32(27)25(34)21-14-20-10-9-19(15-22(20)28-23(16-21)29-30-26)17-5-7-18(8-6-17)24(33)31-12-3-4-13-31/h5-10,14-15H,2-4,11-13,16,27H2,1H3,(H2,26,28,29). The van der Waals surface area contributed by atoms with Crippen molar-refractivity contribution in [3.8, 4) is 11.1 Å². The molecule has 9 nitrogen and oxygen atoms in total. The third-order valence-corrected chi connectivity index (χ3v) is 5.99. The molecule has 0 spiro atoms. The minimum absolute atomic E-state index is 0.0757. The molecular formula is C25H29N7O2. The summed E-state index contributed by atoms with van der Waals surface area (Å²) in [7, 11) is 0. The molecule has 2 aliphatic heterocycles. The van der Waals surface area contributed by atoms with Crippen molar-refractivity contribution in [1.82, 2.24) is 9.91 Å². The van der Waals surface area contributed by atoms with Gasteiger partial charge in [0.15, 0.2) is 5.84 Å². The lowest BCUT2D eigenvalue weighted by Crippen LogP contribution is -2.39. The SMILES string of the molecule is CCCN(N)C(=O)C1=Cc2ccc(-c3ccc(C(=O)N4CCCC4)cc3)cc2N=C(N=NN)C1. The van der Waals surface area contributed by atoms with Gasteiger partial charge in [0.1, 0.15) is 0 Å². The molecule has 0 bridgehead atoms. The zero-order chi connectivity index (χ0) is 24.1. The largest absolute Gasteiger partial charge is 0.339 e. The van der Waals surface area contributed by atoms with Crippen molar-refractivity contribution in [2.24, 2.45) is 27.0 Å². The summed E-state index contributed by atoms with van der Waals surface area (Å²) in [4.78, 5) is 31.9. The van der Waals surface area contributed by atoms with E-state index in [0.29, 0.717) is 29.2 Å². The third-order valence-electron chi connectivity index (χ3n) is 5.99. The molecule has 4 rings (SSSR count). The van der Waals surface area contributed by atoms with Crippen molar-refractivity contribution in [2.75, 3.05) is 19.6 Å². The smallest absolute Gasteiger partial charge is 0.264 e. The van der Waals surface area contributed by atoms with Crippen LogP contribution in [0.15, 0.2) is 63.4 Å². The Morgan fingerprint density at radius 1 is 1.09 bits per heavy atom. The molecule has 34 heavy (non-hydrogen) atoms. The summed E-state index contributed by atoms with van der Waals surface area (Å²) in [5, 5.41) is 8.47. The highest BCUT2D eigenvalue weighted by Gasteiger charge is 2.22. The number of amidine groups is 1. The van der Waals surface area contributed by atoms with E-state index < -0.39 is 0 Å². The fourth-order valence-electron chi connectivity index (χ4n) is 4.23. The van der Waals surface area contributed by atoms with E-state index in [0.717, 1.165) is 49.0 Å². The molecular weight excluding hydrogens is 430 g/mol. The Kier molecular flexibility index (Phi) is 7.12. The van der Waals surface area contributed by atoms with E-state index in [4.69, 9.17) is 11.7 Å². The summed E-state index contributed by atoms with van der Waals surface area (Å²) in [6, 6.07) is 13.4. The fourth-order valence-corrected chi connectivity index (χ4v) is 4.23. The maximum absolute atomic E-state index is 12.8. The van der Waals surface area contributed by atoms with Gasteiger partial charge in [0.05, 0.1) is 5.69 Å². The van der Waals surface area contributed by atoms with Crippen LogP contribution < -0.4 is 11.7 Å². The molecule has 1 fully saturated rings. The number of benzene rings is 2. The lowest BCUT2D eigenvalue weighted by Gasteiger charge is -2.17. The summed E-state index contributed by atoms with van der Waals surface area (Å²) in [6.07, 6.45) is 4.84. The Hall–Kier alpha value is -3.85. The molecule has 0 aromatic heterocycles. The quantitative estimate of drug-likeness (QED) is 0.304. The number of hydrogen-bond donors (Lipinski definition) is 2. The highest BCUT2D eigenvalue weighted by Crippen LogP contribution is 2.33. The summed E-state index contributed by atoms with van der Waals surface area (Å²) < 4.78 is 0. The molecule has 2 aromatic carbocycles. The molecule has 2 amide bonds. The van der Waals surface area contributed by atoms with Crippen LogP contribution in [-0.4, -0.2) is 47.2 Å². The highest BCUT2D eigenvalue weighted by molar-refractivity contribution is 6.06. The molecule has 0 radical (unpaired) electrons. The van der Waals surface area contributed by atoms with Crippen LogP contribution in [0.5, 0.6) is 0 Å². The molecule has 2 aromatic rings. The van der Waals surface area contributed by atoms with Gasteiger partial charge in [-0.2, -0.15) is 0 Å². The van der Waals surface area contributed by atoms with Crippen LogP contribution in [0.1, 0.15) is 48.5 Å². The monoisotopic (exact) mass is 459 g/mol. The summed E-state index contributed by atoms with van der Waals surface area (Å²) in [5.74, 6) is 11.3. The van der Waals surface area contributed by atoms with Crippen LogP contribution in [0.2, 0.25) is 0 Å². The molecule has 0 atom stereocenters. The summed E-state index contributed by atoms with van der Waals surface area (Å²) in [6.45, 7) is 4.05. The van der Waals surface area contributed by atoms with Gasteiger partial charge < -0.3 is 10.7 Å². The van der Waals surface area contributed by atoms with Crippen LogP contribution >= 0.6 is 0 Å². The van der Waals surface area contributed by atoms with Crippen molar-refractivity contribution in [3.63, 3.8) is 0 Å². The van der Waals surface area contributed by atoms with E-state index in [2.05, 4.69) is 15.3 Å². The van der Waals surface area contributed by atoms with Gasteiger partial charge in [0.2, 0.25) is 0 Å². The minimum atomic E-state index is -0.281. The van der Waals surface area contributed by atoms with E-state index in [1.807, 2.05) is 54.3 Å². The van der Waals surface area contributed by atoms with E-state index in [9.17, 15) is 9.59 Å². The van der Waals surface area contributed by atoms with E-state index in [1.54, 1.807) is 6.08 Å². The number of hydrogen-bond acceptors (Lipinski definition) is 6. The average molecular weight is 460 g/mol. The van der Waals surface area contributed by atoms with Gasteiger partial charge in [-0.15, -0.1) is 5.11 Å². The Bertz CT molecular complexity index is 1160. The molecule has 0 unspecified atom stereocenters. The van der Waals surface area contributed by atoms with Gasteiger partial charge in [-0.05, 0) is 54.7 Å². The molecule has 9 heteroatoms. The van der Waals surface area contributed by atoms with Gasteiger partial charge in [0.25, 0.3) is 11.8 Å². The minimum Gasteiger partial charge on any atom is -0.339 e. The lowest BCUT2D eigenvalue weighted by atomic mass is 10.00. The molecule has 4 N–H and O–H groups in total. The predicted molar refractivity (Wildman–Crippen MR) is 132 cm³/mol. The van der Waals surface area contributed by atoms with Crippen molar-refractivity contribution in [3.05, 3.63) is 59.2 Å². The molecule has 2 heterocycles. The zero-order valence-corrected chi connectivity index (χ0v) is 19.3. The normalized spacial score (nSPS) is 15.5. The summed E-state index contributed by atoms with van der Waals surface area (Å²) in [5.41, 5.74) is 4.48. The van der Waals surface area contributed by atoms with Gasteiger partial charge in [-0.1, -0.05) is 36.4 Å². The zero-order valence-electron chi connectivity index (χ0n) is 19.3. The van der Waals surface area contributed by atoms with Crippen molar-refractivity contribution in [2.45, 2.75) is 32.6 Å². The number of amides is 2. The number of fused-ring (bicyclic) bond motifs is 1. The first-order valence-corrected chi connectivity index (χ1v) is 11.5. The van der Waals surface area contributed by atoms with Gasteiger partial charge in [0, 0.05) is 42.8 Å². The first-order valence-electron chi connectivity index (χ1n) is 11.5. The number of nitrogens with two attached hydrogens (primary N) is 2. The second-order valence-corrected chi connectivity index (χ2v) is 8.44. The van der Waals surface area contributed by atoms with Crippen molar-refractivity contribution >= 4 is 29.4 Å². The fraction of sp³-hybridized carbons (Fsp3) is 0.320. The number of rotatable bonds is 5. The maximum atomic E-state index is 12.8. The van der Waals surface area contributed by atoms with Crippen LogP contribution in [0.4, 0.5) is 5.69 Å². The first-order chi connectivity index (χ1) is 16.5. The lowest BCUT2D eigenvalue weighted by molar-refractivity contribution is -0.127. The van der Waals surface area contributed by atoms with Crippen LogP contribution in [0.25, 0.3) is 17.2 Å². The summed E-state index contributed by atoms with van der Waals surface area (Å²) >= 11 is 0. The number of nitrogens with zero attached hydrogens (tertiary/aromatic N) is 5. The first kappa shape index (κ1) is 23.3. The third kappa shape index (κ3) is 5.04. The van der Waals surface area contributed by atoms with Gasteiger partial charge in [-0.25, -0.2) is 10.8 Å². The average Bonchev–Trinajstić information content (AvgIpc) is 3.32. The number of hydrazine groups is 1. The molecule has 176 valence electrons. The maximum Gasteiger partial charge on any atom is 0.264 e. The number of carbonyl (C=O) groups is 2. The second-order valence-electron chi connectivity index (χ2n) is 8.44. The highest BCUT2D eigenvalue weighted by atomic mass is 16.2. The van der Waals surface area contributed by atoms with E-state index >= 15 is 0 Å². The van der Waals surface area contributed by atoms with E-state index in [1.165, 1.54) is 5.01 Å². The Morgan fingerprint density at radius 3 is 2.47 bits per heavy atom. The Balaban J connectivity index is 1.64. The van der Waals surface area contributed by atoms with Crippen molar-refractivity contribution < 1.29 is 9.59 Å². The van der Waals surface area contributed by atoms with Crippen molar-refractivity contribution in [1.29, 1.82) is 0 Å².